The lowest BCUT2D eigenvalue weighted by Gasteiger charge is -2.13. The molecule has 2 aromatic rings. The standard InChI is InChI=1S/C19H20N2O3S/c1-24-15-7-4-6-14(11-15)20-18(22)12-25-17-10-9-13-5-2-3-8-16(13)21-19(17)23/h2-8,11,17H,9-10,12H2,1H3,(H,20,22)(H,21,23)/t17-/m1/s1. The van der Waals surface area contributed by atoms with Crippen molar-refractivity contribution < 1.29 is 14.3 Å². The molecule has 6 heteroatoms. The Labute approximate surface area is 151 Å². The molecule has 1 atom stereocenters. The molecule has 2 N–H and O–H groups in total. The fourth-order valence-electron chi connectivity index (χ4n) is 2.72. The topological polar surface area (TPSA) is 67.4 Å². The summed E-state index contributed by atoms with van der Waals surface area (Å²) in [5.41, 5.74) is 2.69. The number of carbonyl (C=O) groups excluding carboxylic acids is 2. The van der Waals surface area contributed by atoms with Gasteiger partial charge in [0.2, 0.25) is 11.8 Å². The number of fused-ring (bicyclic) bond motifs is 1. The van der Waals surface area contributed by atoms with Crippen LogP contribution in [0.1, 0.15) is 12.0 Å². The van der Waals surface area contributed by atoms with Gasteiger partial charge in [0.05, 0.1) is 18.1 Å². The van der Waals surface area contributed by atoms with Gasteiger partial charge in [-0.05, 0) is 36.6 Å². The van der Waals surface area contributed by atoms with Crippen molar-refractivity contribution in [2.24, 2.45) is 0 Å². The molecule has 0 spiro atoms. The van der Waals surface area contributed by atoms with E-state index in [2.05, 4.69) is 10.6 Å². The summed E-state index contributed by atoms with van der Waals surface area (Å²) >= 11 is 1.37. The Morgan fingerprint density at radius 2 is 2.12 bits per heavy atom. The Morgan fingerprint density at radius 1 is 1.28 bits per heavy atom. The van der Waals surface area contributed by atoms with Crippen molar-refractivity contribution in [2.75, 3.05) is 23.5 Å². The summed E-state index contributed by atoms with van der Waals surface area (Å²) in [6.07, 6.45) is 1.55. The zero-order valence-electron chi connectivity index (χ0n) is 14.0. The van der Waals surface area contributed by atoms with Gasteiger partial charge in [0, 0.05) is 17.4 Å². The maximum Gasteiger partial charge on any atom is 0.237 e. The molecule has 2 aromatic carbocycles. The van der Waals surface area contributed by atoms with Gasteiger partial charge in [-0.2, -0.15) is 0 Å². The van der Waals surface area contributed by atoms with E-state index in [0.717, 1.165) is 24.1 Å². The van der Waals surface area contributed by atoms with Gasteiger partial charge < -0.3 is 15.4 Å². The molecule has 3 rings (SSSR count). The summed E-state index contributed by atoms with van der Waals surface area (Å²) < 4.78 is 5.14. The van der Waals surface area contributed by atoms with E-state index < -0.39 is 0 Å². The molecule has 0 fully saturated rings. The quantitative estimate of drug-likeness (QED) is 0.862. The summed E-state index contributed by atoms with van der Waals surface area (Å²) in [6, 6.07) is 15.0. The molecule has 0 aromatic heterocycles. The number of nitrogens with one attached hydrogen (secondary N) is 2. The first kappa shape index (κ1) is 17.4. The number of hydrogen-bond donors (Lipinski definition) is 2. The highest BCUT2D eigenvalue weighted by atomic mass is 32.2. The van der Waals surface area contributed by atoms with Crippen LogP contribution in [0.3, 0.4) is 0 Å². The molecular weight excluding hydrogens is 336 g/mol. The molecule has 1 aliphatic rings. The molecule has 130 valence electrons. The van der Waals surface area contributed by atoms with Crippen molar-refractivity contribution in [1.29, 1.82) is 0 Å². The average molecular weight is 356 g/mol. The molecule has 0 saturated carbocycles. The van der Waals surface area contributed by atoms with E-state index in [1.807, 2.05) is 36.4 Å². The van der Waals surface area contributed by atoms with E-state index in [4.69, 9.17) is 4.74 Å². The number of aryl methyl sites for hydroxylation is 1. The number of carbonyl (C=O) groups is 2. The van der Waals surface area contributed by atoms with Crippen LogP contribution in [0.4, 0.5) is 11.4 Å². The first-order valence-electron chi connectivity index (χ1n) is 8.10. The van der Waals surface area contributed by atoms with E-state index in [1.165, 1.54) is 11.8 Å². The lowest BCUT2D eigenvalue weighted by atomic mass is 10.1. The molecule has 1 heterocycles. The van der Waals surface area contributed by atoms with Crippen LogP contribution >= 0.6 is 11.8 Å². The third-order valence-corrected chi connectivity index (χ3v) is 5.29. The summed E-state index contributed by atoms with van der Waals surface area (Å²) in [6.45, 7) is 0. The van der Waals surface area contributed by atoms with Crippen LogP contribution in [0, 0.1) is 0 Å². The normalized spacial score (nSPS) is 16.4. The predicted molar refractivity (Wildman–Crippen MR) is 101 cm³/mol. The first-order valence-corrected chi connectivity index (χ1v) is 9.15. The van der Waals surface area contributed by atoms with Gasteiger partial charge in [0.25, 0.3) is 0 Å². The van der Waals surface area contributed by atoms with E-state index in [9.17, 15) is 9.59 Å². The monoisotopic (exact) mass is 356 g/mol. The number of benzene rings is 2. The van der Waals surface area contributed by atoms with E-state index >= 15 is 0 Å². The predicted octanol–water partition coefficient (Wildman–Crippen LogP) is 3.32. The molecule has 0 aliphatic carbocycles. The van der Waals surface area contributed by atoms with Gasteiger partial charge in [-0.3, -0.25) is 9.59 Å². The summed E-state index contributed by atoms with van der Waals surface area (Å²) in [4.78, 5) is 24.5. The number of methoxy groups -OCH3 is 1. The zero-order valence-corrected chi connectivity index (χ0v) is 14.8. The van der Waals surface area contributed by atoms with Crippen LogP contribution in [0.5, 0.6) is 5.75 Å². The van der Waals surface area contributed by atoms with Crippen LogP contribution in [-0.2, 0) is 16.0 Å². The average Bonchev–Trinajstić information content (AvgIpc) is 2.78. The van der Waals surface area contributed by atoms with E-state index in [1.54, 1.807) is 19.2 Å². The highest BCUT2D eigenvalue weighted by Crippen LogP contribution is 2.27. The van der Waals surface area contributed by atoms with Crippen molar-refractivity contribution >= 4 is 35.0 Å². The SMILES string of the molecule is COc1cccc(NC(=O)CS[C@@H]2CCc3ccccc3NC2=O)c1. The van der Waals surface area contributed by atoms with E-state index in [-0.39, 0.29) is 22.8 Å². The van der Waals surface area contributed by atoms with Crippen molar-refractivity contribution in [3.8, 4) is 5.75 Å². The second-order valence-corrected chi connectivity index (χ2v) is 6.96. The van der Waals surface area contributed by atoms with Crippen molar-refractivity contribution in [1.82, 2.24) is 0 Å². The molecule has 0 unspecified atom stereocenters. The van der Waals surface area contributed by atoms with Crippen molar-refractivity contribution in [3.63, 3.8) is 0 Å². The Balaban J connectivity index is 1.54. The molecule has 0 saturated heterocycles. The lowest BCUT2D eigenvalue weighted by Crippen LogP contribution is -2.26. The number of anilines is 2. The summed E-state index contributed by atoms with van der Waals surface area (Å²) in [7, 11) is 1.58. The maximum atomic E-state index is 12.4. The van der Waals surface area contributed by atoms with Crippen LogP contribution in [0.25, 0.3) is 0 Å². The molecular formula is C19H20N2O3S. The van der Waals surface area contributed by atoms with Crippen LogP contribution in [0.2, 0.25) is 0 Å². The fraction of sp³-hybridized carbons (Fsp3) is 0.263. The minimum absolute atomic E-state index is 0.0378. The summed E-state index contributed by atoms with van der Waals surface area (Å²) in [5, 5.41) is 5.55. The lowest BCUT2D eigenvalue weighted by molar-refractivity contribution is -0.115. The number of para-hydroxylation sites is 1. The second kappa shape index (κ2) is 8.07. The molecule has 5 nitrogen and oxygen atoms in total. The smallest absolute Gasteiger partial charge is 0.237 e. The largest absolute Gasteiger partial charge is 0.497 e. The Hall–Kier alpha value is -2.47. The van der Waals surface area contributed by atoms with Gasteiger partial charge in [0.1, 0.15) is 5.75 Å². The van der Waals surface area contributed by atoms with Gasteiger partial charge in [-0.25, -0.2) is 0 Å². The number of amides is 2. The van der Waals surface area contributed by atoms with Crippen molar-refractivity contribution in [3.05, 3.63) is 54.1 Å². The summed E-state index contributed by atoms with van der Waals surface area (Å²) in [5.74, 6) is 0.745. The molecule has 1 aliphatic heterocycles. The first-order chi connectivity index (χ1) is 12.2. The van der Waals surface area contributed by atoms with Gasteiger partial charge >= 0.3 is 0 Å². The van der Waals surface area contributed by atoms with Crippen LogP contribution in [0.15, 0.2) is 48.5 Å². The number of rotatable bonds is 5. The maximum absolute atomic E-state index is 12.4. The second-order valence-electron chi connectivity index (χ2n) is 5.76. The third kappa shape index (κ3) is 4.54. The Kier molecular flexibility index (Phi) is 5.60. The highest BCUT2D eigenvalue weighted by molar-refractivity contribution is 8.01. The van der Waals surface area contributed by atoms with E-state index in [0.29, 0.717) is 11.4 Å². The van der Waals surface area contributed by atoms with Crippen LogP contribution in [-0.4, -0.2) is 29.9 Å². The fourth-order valence-corrected chi connectivity index (χ4v) is 3.64. The number of thioether (sulfide) groups is 1. The molecule has 0 radical (unpaired) electrons. The number of hydrogen-bond acceptors (Lipinski definition) is 4. The molecule has 2 amide bonds. The van der Waals surface area contributed by atoms with Crippen molar-refractivity contribution in [2.45, 2.75) is 18.1 Å². The zero-order chi connectivity index (χ0) is 17.6. The Morgan fingerprint density at radius 3 is 2.96 bits per heavy atom. The minimum atomic E-state index is -0.233. The van der Waals surface area contributed by atoms with Gasteiger partial charge in [0.15, 0.2) is 0 Å². The highest BCUT2D eigenvalue weighted by Gasteiger charge is 2.24. The van der Waals surface area contributed by atoms with Crippen LogP contribution < -0.4 is 15.4 Å². The third-order valence-electron chi connectivity index (χ3n) is 4.01. The molecule has 0 bridgehead atoms. The van der Waals surface area contributed by atoms with Gasteiger partial charge in [-0.1, -0.05) is 24.3 Å². The minimum Gasteiger partial charge on any atom is -0.497 e. The molecule has 25 heavy (non-hydrogen) atoms. The number of ether oxygens (including phenoxy) is 1. The Bertz CT molecular complexity index is 779. The van der Waals surface area contributed by atoms with Gasteiger partial charge in [-0.15, -0.1) is 11.8 Å².